The number of halogens is 1. The number of likely N-dealkylation sites (tertiary alicyclic amines) is 1. The first kappa shape index (κ1) is 16.7. The van der Waals surface area contributed by atoms with E-state index >= 15 is 0 Å². The fourth-order valence-corrected chi connectivity index (χ4v) is 4.28. The molecule has 126 valence electrons. The van der Waals surface area contributed by atoms with Gasteiger partial charge in [0, 0.05) is 25.1 Å². The summed E-state index contributed by atoms with van der Waals surface area (Å²) in [5.41, 5.74) is 0.817. The molecule has 23 heavy (non-hydrogen) atoms. The number of aliphatic hydroxyl groups excluding tert-OH is 1. The first-order chi connectivity index (χ1) is 11.0. The number of carbonyl (C=O) groups excluding carboxylic acids is 1. The molecule has 0 aromatic heterocycles. The van der Waals surface area contributed by atoms with Gasteiger partial charge in [-0.15, -0.1) is 0 Å². The lowest BCUT2D eigenvalue weighted by Gasteiger charge is -2.42. The number of aryl methyl sites for hydroxylation is 1. The van der Waals surface area contributed by atoms with Crippen LogP contribution in [0.3, 0.4) is 0 Å². The molecule has 2 fully saturated rings. The predicted molar refractivity (Wildman–Crippen MR) is 89.5 cm³/mol. The fraction of sp³-hybridized carbons (Fsp3) is 0.611. The smallest absolute Gasteiger partial charge is 0.223 e. The molecule has 1 aliphatic heterocycles. The van der Waals surface area contributed by atoms with Crippen molar-refractivity contribution in [3.63, 3.8) is 0 Å². The van der Waals surface area contributed by atoms with Crippen LogP contribution < -0.4 is 0 Å². The highest BCUT2D eigenvalue weighted by Gasteiger charge is 2.52. The first-order valence-corrected chi connectivity index (χ1v) is 8.69. The van der Waals surface area contributed by atoms with Crippen molar-refractivity contribution in [2.75, 3.05) is 13.7 Å². The second-order valence-corrected chi connectivity index (χ2v) is 7.12. The van der Waals surface area contributed by atoms with Crippen molar-refractivity contribution in [3.8, 4) is 0 Å². The Morgan fingerprint density at radius 2 is 2.30 bits per heavy atom. The van der Waals surface area contributed by atoms with Crippen molar-refractivity contribution < 1.29 is 14.6 Å². The van der Waals surface area contributed by atoms with Gasteiger partial charge in [-0.3, -0.25) is 4.79 Å². The standard InChI is InChI=1S/C18H24ClNO3/c1-23-18-8-7-15(21)12-16(18)20(10-9-18)17(22)6-5-13-3-2-4-14(19)11-13/h2-4,11,15-16,21H,5-10,12H2,1H3/t15-,16+,18-/m1/s1. The molecular weight excluding hydrogens is 314 g/mol. The van der Waals surface area contributed by atoms with Crippen LogP contribution in [0.5, 0.6) is 0 Å². The van der Waals surface area contributed by atoms with E-state index in [1.165, 1.54) is 0 Å². The minimum absolute atomic E-state index is 0.00288. The number of aliphatic hydroxyl groups is 1. The highest BCUT2D eigenvalue weighted by Crippen LogP contribution is 2.42. The van der Waals surface area contributed by atoms with Gasteiger partial charge in [-0.2, -0.15) is 0 Å². The van der Waals surface area contributed by atoms with Crippen molar-refractivity contribution in [1.29, 1.82) is 0 Å². The van der Waals surface area contributed by atoms with Gasteiger partial charge in [0.15, 0.2) is 0 Å². The van der Waals surface area contributed by atoms with Crippen LogP contribution in [-0.2, 0) is 16.0 Å². The van der Waals surface area contributed by atoms with Gasteiger partial charge in [0.1, 0.15) is 0 Å². The fourth-order valence-electron chi connectivity index (χ4n) is 4.06. The molecule has 3 rings (SSSR count). The minimum atomic E-state index is -0.329. The summed E-state index contributed by atoms with van der Waals surface area (Å²) in [4.78, 5) is 14.6. The molecule has 1 saturated carbocycles. The van der Waals surface area contributed by atoms with E-state index in [0.29, 0.717) is 24.3 Å². The number of benzene rings is 1. The summed E-state index contributed by atoms with van der Waals surface area (Å²) in [5.74, 6) is 0.142. The summed E-state index contributed by atoms with van der Waals surface area (Å²) in [6.07, 6.45) is 3.89. The monoisotopic (exact) mass is 337 g/mol. The van der Waals surface area contributed by atoms with Crippen LogP contribution in [0, 0.1) is 0 Å². The Labute approximate surface area is 142 Å². The molecule has 1 aromatic carbocycles. The zero-order chi connectivity index (χ0) is 16.4. The number of fused-ring (bicyclic) bond motifs is 1. The second-order valence-electron chi connectivity index (χ2n) is 6.68. The molecule has 0 spiro atoms. The summed E-state index contributed by atoms with van der Waals surface area (Å²) in [7, 11) is 1.73. The largest absolute Gasteiger partial charge is 0.393 e. The summed E-state index contributed by atoms with van der Waals surface area (Å²) < 4.78 is 5.79. The quantitative estimate of drug-likeness (QED) is 0.919. The Hall–Kier alpha value is -1.10. The van der Waals surface area contributed by atoms with Gasteiger partial charge in [-0.1, -0.05) is 23.7 Å². The number of hydrogen-bond acceptors (Lipinski definition) is 3. The molecule has 4 nitrogen and oxygen atoms in total. The van der Waals surface area contributed by atoms with Gasteiger partial charge in [0.2, 0.25) is 5.91 Å². The van der Waals surface area contributed by atoms with E-state index in [0.717, 1.165) is 31.4 Å². The minimum Gasteiger partial charge on any atom is -0.393 e. The van der Waals surface area contributed by atoms with E-state index in [1.54, 1.807) is 7.11 Å². The maximum atomic E-state index is 12.7. The summed E-state index contributed by atoms with van der Waals surface area (Å²) in [5, 5.41) is 10.7. The third-order valence-corrected chi connectivity index (χ3v) is 5.63. The molecule has 1 amide bonds. The summed E-state index contributed by atoms with van der Waals surface area (Å²) in [6.45, 7) is 0.722. The lowest BCUT2D eigenvalue weighted by Crippen LogP contribution is -2.52. The van der Waals surface area contributed by atoms with Crippen molar-refractivity contribution in [2.45, 2.75) is 56.3 Å². The van der Waals surface area contributed by atoms with Crippen molar-refractivity contribution in [2.24, 2.45) is 0 Å². The number of rotatable bonds is 4. The third kappa shape index (κ3) is 3.39. The van der Waals surface area contributed by atoms with Crippen LogP contribution in [0.4, 0.5) is 0 Å². The predicted octanol–water partition coefficient (Wildman–Crippen LogP) is 2.80. The van der Waals surface area contributed by atoms with Crippen molar-refractivity contribution >= 4 is 17.5 Å². The Bertz CT molecular complexity index is 579. The number of carbonyl (C=O) groups is 1. The highest BCUT2D eigenvalue weighted by atomic mass is 35.5. The SMILES string of the molecule is CO[C@@]12CC[C@@H](O)C[C@@H]1N(C(=O)CCc1cccc(Cl)c1)CC2. The second kappa shape index (κ2) is 6.80. The number of hydrogen-bond donors (Lipinski definition) is 1. The molecule has 5 heteroatoms. The van der Waals surface area contributed by atoms with Crippen molar-refractivity contribution in [1.82, 2.24) is 4.90 Å². The van der Waals surface area contributed by atoms with Gasteiger partial charge in [-0.05, 0) is 49.8 Å². The lowest BCUT2D eigenvalue weighted by atomic mass is 9.79. The lowest BCUT2D eigenvalue weighted by molar-refractivity contribution is -0.139. The highest BCUT2D eigenvalue weighted by molar-refractivity contribution is 6.30. The Morgan fingerprint density at radius 3 is 3.04 bits per heavy atom. The first-order valence-electron chi connectivity index (χ1n) is 8.31. The summed E-state index contributed by atoms with van der Waals surface area (Å²) in [6, 6.07) is 7.65. The number of methoxy groups -OCH3 is 1. The average molecular weight is 338 g/mol. The van der Waals surface area contributed by atoms with Gasteiger partial charge in [-0.25, -0.2) is 0 Å². The van der Waals surface area contributed by atoms with E-state index in [9.17, 15) is 9.90 Å². The van der Waals surface area contributed by atoms with Crippen molar-refractivity contribution in [3.05, 3.63) is 34.9 Å². The Balaban J connectivity index is 1.65. The van der Waals surface area contributed by atoms with Crippen LogP contribution in [0.15, 0.2) is 24.3 Å². The zero-order valence-corrected chi connectivity index (χ0v) is 14.3. The van der Waals surface area contributed by atoms with Gasteiger partial charge in [0.25, 0.3) is 0 Å². The number of amides is 1. The third-order valence-electron chi connectivity index (χ3n) is 5.40. The van der Waals surface area contributed by atoms with Gasteiger partial charge in [0.05, 0.1) is 17.7 Å². The van der Waals surface area contributed by atoms with E-state index < -0.39 is 0 Å². The van der Waals surface area contributed by atoms with Gasteiger partial charge < -0.3 is 14.7 Å². The van der Waals surface area contributed by atoms with E-state index in [-0.39, 0.29) is 23.7 Å². The average Bonchev–Trinajstić information content (AvgIpc) is 2.92. The van der Waals surface area contributed by atoms with Crippen LogP contribution in [0.1, 0.15) is 37.7 Å². The molecule has 0 unspecified atom stereocenters. The molecule has 1 N–H and O–H groups in total. The maximum Gasteiger partial charge on any atom is 0.223 e. The van der Waals surface area contributed by atoms with Crippen LogP contribution in [0.25, 0.3) is 0 Å². The molecule has 1 saturated heterocycles. The Morgan fingerprint density at radius 1 is 1.48 bits per heavy atom. The van der Waals surface area contributed by atoms with Crippen LogP contribution in [0.2, 0.25) is 5.02 Å². The summed E-state index contributed by atoms with van der Waals surface area (Å²) >= 11 is 5.99. The molecule has 1 heterocycles. The molecule has 3 atom stereocenters. The molecular formula is C18H24ClNO3. The van der Waals surface area contributed by atoms with Gasteiger partial charge >= 0.3 is 0 Å². The molecule has 0 radical (unpaired) electrons. The van der Waals surface area contributed by atoms with Crippen LogP contribution >= 0.6 is 11.6 Å². The molecule has 2 aliphatic rings. The normalized spacial score (nSPS) is 30.3. The number of ether oxygens (including phenoxy) is 1. The maximum absolute atomic E-state index is 12.7. The molecule has 1 aromatic rings. The van der Waals surface area contributed by atoms with E-state index in [1.807, 2.05) is 29.2 Å². The van der Waals surface area contributed by atoms with Crippen LogP contribution in [-0.4, -0.2) is 47.3 Å². The Kier molecular flexibility index (Phi) is 4.95. The molecule has 1 aliphatic carbocycles. The topological polar surface area (TPSA) is 49.8 Å². The molecule has 0 bridgehead atoms. The zero-order valence-electron chi connectivity index (χ0n) is 13.5. The van der Waals surface area contributed by atoms with E-state index in [4.69, 9.17) is 16.3 Å². The number of nitrogens with zero attached hydrogens (tertiary/aromatic N) is 1. The van der Waals surface area contributed by atoms with E-state index in [2.05, 4.69) is 0 Å².